The molecule has 90 valence electrons. The van der Waals surface area contributed by atoms with Crippen LogP contribution >= 0.6 is 7.82 Å². The van der Waals surface area contributed by atoms with Gasteiger partial charge in [0, 0.05) is 0 Å². The lowest BCUT2D eigenvalue weighted by Gasteiger charge is -2.18. The van der Waals surface area contributed by atoms with Gasteiger partial charge in [-0.3, -0.25) is 9.32 Å². The van der Waals surface area contributed by atoms with Gasteiger partial charge in [-0.1, -0.05) is 0 Å². The van der Waals surface area contributed by atoms with Crippen LogP contribution in [0.4, 0.5) is 0 Å². The lowest BCUT2D eigenvalue weighted by Crippen LogP contribution is -2.42. The van der Waals surface area contributed by atoms with Crippen molar-refractivity contribution in [3.8, 4) is 0 Å². The van der Waals surface area contributed by atoms with Gasteiger partial charge in [-0.05, 0) is 6.92 Å². The summed E-state index contributed by atoms with van der Waals surface area (Å²) in [6.07, 6.45) is -5.02. The maximum atomic E-state index is 10.9. The first-order valence-electron chi connectivity index (χ1n) is 3.92. The minimum atomic E-state index is -4.79. The summed E-state index contributed by atoms with van der Waals surface area (Å²) >= 11 is 0. The van der Waals surface area contributed by atoms with Crippen LogP contribution in [0.25, 0.3) is 0 Å². The quantitative estimate of drug-likeness (QED) is 0.330. The van der Waals surface area contributed by atoms with Gasteiger partial charge in [0.2, 0.25) is 0 Å². The number of ketones is 1. The Kier molecular flexibility index (Phi) is 5.54. The standard InChI is InChI=1S/C6H13O8P/c1-3(7)5(9)6(10)4(8)2-14-15(11,12)13/h3,5-7,9-10H,2H2,1H3,(H2,11,12,13)/t3-,5-,6+/m0/s1. The van der Waals surface area contributed by atoms with Gasteiger partial charge in [0.1, 0.15) is 18.8 Å². The summed E-state index contributed by atoms with van der Waals surface area (Å²) in [5.41, 5.74) is 0. The average molecular weight is 244 g/mol. The summed E-state index contributed by atoms with van der Waals surface area (Å²) < 4.78 is 14.0. The van der Waals surface area contributed by atoms with E-state index < -0.39 is 38.5 Å². The first-order chi connectivity index (χ1) is 6.65. The van der Waals surface area contributed by atoms with Gasteiger partial charge < -0.3 is 25.1 Å². The van der Waals surface area contributed by atoms with E-state index in [4.69, 9.17) is 25.1 Å². The fourth-order valence-corrected chi connectivity index (χ4v) is 0.983. The molecule has 0 bridgehead atoms. The maximum Gasteiger partial charge on any atom is 0.470 e. The molecule has 3 atom stereocenters. The normalized spacial score (nSPS) is 18.3. The number of carbonyl (C=O) groups is 1. The summed E-state index contributed by atoms with van der Waals surface area (Å²) in [5, 5.41) is 26.9. The maximum absolute atomic E-state index is 10.9. The summed E-state index contributed by atoms with van der Waals surface area (Å²) in [4.78, 5) is 27.4. The molecule has 0 spiro atoms. The third-order valence-electron chi connectivity index (χ3n) is 1.52. The molecule has 0 aliphatic carbocycles. The molecular weight excluding hydrogens is 231 g/mol. The molecular formula is C6H13O8P. The topological polar surface area (TPSA) is 145 Å². The fraction of sp³-hybridized carbons (Fsp3) is 0.833. The van der Waals surface area contributed by atoms with Crippen LogP contribution in [0.1, 0.15) is 6.92 Å². The molecule has 15 heavy (non-hydrogen) atoms. The zero-order chi connectivity index (χ0) is 12.2. The van der Waals surface area contributed by atoms with E-state index >= 15 is 0 Å². The molecule has 0 aromatic heterocycles. The highest BCUT2D eigenvalue weighted by Gasteiger charge is 2.29. The molecule has 0 fully saturated rings. The van der Waals surface area contributed by atoms with E-state index in [2.05, 4.69) is 4.52 Å². The van der Waals surface area contributed by atoms with Crippen molar-refractivity contribution in [1.29, 1.82) is 0 Å². The largest absolute Gasteiger partial charge is 0.470 e. The zero-order valence-electron chi connectivity index (χ0n) is 7.85. The number of hydrogen-bond acceptors (Lipinski definition) is 6. The van der Waals surface area contributed by atoms with Crippen molar-refractivity contribution in [2.24, 2.45) is 0 Å². The Morgan fingerprint density at radius 2 is 1.80 bits per heavy atom. The molecule has 0 aromatic rings. The van der Waals surface area contributed by atoms with Crippen molar-refractivity contribution in [2.75, 3.05) is 6.61 Å². The second-order valence-electron chi connectivity index (χ2n) is 2.91. The lowest BCUT2D eigenvalue weighted by atomic mass is 10.1. The van der Waals surface area contributed by atoms with Crippen LogP contribution in [0.3, 0.4) is 0 Å². The van der Waals surface area contributed by atoms with Crippen LogP contribution in [0.15, 0.2) is 0 Å². The minimum absolute atomic E-state index is 1.05. The molecule has 0 radical (unpaired) electrons. The molecule has 9 heteroatoms. The van der Waals surface area contributed by atoms with E-state index in [-0.39, 0.29) is 0 Å². The van der Waals surface area contributed by atoms with E-state index in [1.807, 2.05) is 0 Å². The second kappa shape index (κ2) is 5.66. The summed E-state index contributed by atoms with van der Waals surface area (Å²) in [5.74, 6) is -1.13. The van der Waals surface area contributed by atoms with Gasteiger partial charge in [-0.15, -0.1) is 0 Å². The van der Waals surface area contributed by atoms with Crippen LogP contribution in [-0.2, 0) is 13.9 Å². The van der Waals surface area contributed by atoms with Crippen molar-refractivity contribution in [3.05, 3.63) is 0 Å². The number of carbonyl (C=O) groups excluding carboxylic acids is 1. The van der Waals surface area contributed by atoms with Crippen LogP contribution in [-0.4, -0.2) is 55.8 Å². The summed E-state index contributed by atoms with van der Waals surface area (Å²) in [6, 6.07) is 0. The van der Waals surface area contributed by atoms with Gasteiger partial charge in [-0.25, -0.2) is 4.57 Å². The smallest absolute Gasteiger partial charge is 0.391 e. The van der Waals surface area contributed by atoms with Gasteiger partial charge in [-0.2, -0.15) is 0 Å². The van der Waals surface area contributed by atoms with E-state index in [9.17, 15) is 9.36 Å². The number of aliphatic hydroxyl groups is 3. The lowest BCUT2D eigenvalue weighted by molar-refractivity contribution is -0.140. The number of aliphatic hydroxyl groups excluding tert-OH is 3. The number of Topliss-reactive ketones (excluding diaryl/α,β-unsaturated/α-hetero) is 1. The first-order valence-corrected chi connectivity index (χ1v) is 5.45. The van der Waals surface area contributed by atoms with E-state index in [0.717, 1.165) is 6.92 Å². The van der Waals surface area contributed by atoms with Crippen molar-refractivity contribution >= 4 is 13.6 Å². The monoisotopic (exact) mass is 244 g/mol. The Balaban J connectivity index is 4.17. The zero-order valence-corrected chi connectivity index (χ0v) is 8.74. The SMILES string of the molecule is C[C@H](O)[C@H](O)[C@H](O)C(=O)COP(=O)(O)O. The molecule has 0 unspecified atom stereocenters. The van der Waals surface area contributed by atoms with E-state index in [1.54, 1.807) is 0 Å². The number of hydrogen-bond donors (Lipinski definition) is 5. The number of phosphoric ester groups is 1. The van der Waals surface area contributed by atoms with Gasteiger partial charge in [0.25, 0.3) is 0 Å². The molecule has 0 aromatic carbocycles. The van der Waals surface area contributed by atoms with E-state index in [1.165, 1.54) is 0 Å². The fourth-order valence-electron chi connectivity index (χ4n) is 0.687. The first kappa shape index (κ1) is 14.7. The highest BCUT2D eigenvalue weighted by atomic mass is 31.2. The molecule has 0 amide bonds. The van der Waals surface area contributed by atoms with Gasteiger partial charge in [0.05, 0.1) is 6.10 Å². The van der Waals surface area contributed by atoms with Crippen LogP contribution in [0, 0.1) is 0 Å². The Morgan fingerprint density at radius 3 is 2.13 bits per heavy atom. The number of rotatable bonds is 6. The Bertz CT molecular complexity index is 258. The molecule has 0 saturated carbocycles. The average Bonchev–Trinajstić information content (AvgIpc) is 2.10. The Hall–Kier alpha value is -0.340. The third kappa shape index (κ3) is 5.95. The minimum Gasteiger partial charge on any atom is -0.391 e. The van der Waals surface area contributed by atoms with Crippen molar-refractivity contribution in [1.82, 2.24) is 0 Å². The molecule has 5 N–H and O–H groups in total. The summed E-state index contributed by atoms with van der Waals surface area (Å²) in [6.45, 7) is 0.0974. The highest BCUT2D eigenvalue weighted by Crippen LogP contribution is 2.35. The summed E-state index contributed by atoms with van der Waals surface area (Å²) in [7, 11) is -4.79. The third-order valence-corrected chi connectivity index (χ3v) is 1.99. The molecule has 8 nitrogen and oxygen atoms in total. The Labute approximate surface area is 85.4 Å². The van der Waals surface area contributed by atoms with Crippen LogP contribution < -0.4 is 0 Å². The van der Waals surface area contributed by atoms with E-state index in [0.29, 0.717) is 0 Å². The van der Waals surface area contributed by atoms with Crippen molar-refractivity contribution in [2.45, 2.75) is 25.2 Å². The predicted molar refractivity (Wildman–Crippen MR) is 46.7 cm³/mol. The molecule has 0 rings (SSSR count). The van der Waals surface area contributed by atoms with Crippen molar-refractivity contribution in [3.63, 3.8) is 0 Å². The van der Waals surface area contributed by atoms with Crippen LogP contribution in [0.5, 0.6) is 0 Å². The molecule has 0 aliphatic heterocycles. The van der Waals surface area contributed by atoms with Gasteiger partial charge >= 0.3 is 7.82 Å². The molecule has 0 saturated heterocycles. The molecule has 0 aliphatic rings. The van der Waals surface area contributed by atoms with Gasteiger partial charge in [0.15, 0.2) is 5.78 Å². The van der Waals surface area contributed by atoms with Crippen LogP contribution in [0.2, 0.25) is 0 Å². The predicted octanol–water partition coefficient (Wildman–Crippen LogP) is -2.23. The second-order valence-corrected chi connectivity index (χ2v) is 4.15. The highest BCUT2D eigenvalue weighted by molar-refractivity contribution is 7.46. The molecule has 0 heterocycles. The van der Waals surface area contributed by atoms with Crippen molar-refractivity contribution < 1.29 is 39.0 Å². The number of phosphoric acid groups is 1. The Morgan fingerprint density at radius 1 is 1.33 bits per heavy atom.